The molecule has 0 spiro atoms. The minimum atomic E-state index is -0.249. The number of carbonyl (C=O) groups is 2. The van der Waals surface area contributed by atoms with Crippen molar-refractivity contribution in [2.24, 2.45) is 0 Å². The standard InChI is InChI=1S/C24H24N2O3/c1-18-7-5-6-10-22(18)24(28)26-16-23(27)25-15-19-11-13-20(14-12-19)17-29-21-8-3-2-4-9-21/h2-14H,15-17H2,1H3,(H,25,27)(H,26,28). The SMILES string of the molecule is Cc1ccccc1C(=O)NCC(=O)NCc1ccc(COc2ccccc2)cc1. The van der Waals surface area contributed by atoms with Crippen LogP contribution in [0.15, 0.2) is 78.9 Å². The maximum absolute atomic E-state index is 12.1. The molecule has 0 aliphatic carbocycles. The molecule has 0 aromatic heterocycles. The van der Waals surface area contributed by atoms with Gasteiger partial charge in [0.25, 0.3) is 5.91 Å². The Kier molecular flexibility index (Phi) is 7.00. The summed E-state index contributed by atoms with van der Waals surface area (Å²) in [4.78, 5) is 24.2. The lowest BCUT2D eigenvalue weighted by Gasteiger charge is -2.09. The van der Waals surface area contributed by atoms with Gasteiger partial charge in [0, 0.05) is 12.1 Å². The van der Waals surface area contributed by atoms with Crippen LogP contribution in [0.1, 0.15) is 27.0 Å². The summed E-state index contributed by atoms with van der Waals surface area (Å²) in [5.74, 6) is 0.348. The molecule has 0 bridgehead atoms. The van der Waals surface area contributed by atoms with Gasteiger partial charge >= 0.3 is 0 Å². The summed E-state index contributed by atoms with van der Waals surface area (Å²) in [7, 11) is 0. The molecule has 5 nitrogen and oxygen atoms in total. The minimum Gasteiger partial charge on any atom is -0.489 e. The quantitative estimate of drug-likeness (QED) is 0.619. The van der Waals surface area contributed by atoms with Gasteiger partial charge in [-0.15, -0.1) is 0 Å². The van der Waals surface area contributed by atoms with Gasteiger partial charge in [-0.1, -0.05) is 60.7 Å². The van der Waals surface area contributed by atoms with E-state index in [-0.39, 0.29) is 18.4 Å². The highest BCUT2D eigenvalue weighted by atomic mass is 16.5. The molecule has 0 saturated carbocycles. The zero-order chi connectivity index (χ0) is 20.5. The summed E-state index contributed by atoms with van der Waals surface area (Å²) in [6.45, 7) is 2.69. The van der Waals surface area contributed by atoms with Crippen LogP contribution in [-0.4, -0.2) is 18.4 Å². The number of aryl methyl sites for hydroxylation is 1. The Balaban J connectivity index is 1.41. The Labute approximate surface area is 170 Å². The average molecular weight is 388 g/mol. The Morgan fingerprint density at radius 1 is 0.793 bits per heavy atom. The molecule has 0 heterocycles. The molecule has 2 amide bonds. The van der Waals surface area contributed by atoms with Gasteiger partial charge in [0.1, 0.15) is 12.4 Å². The van der Waals surface area contributed by atoms with Crippen LogP contribution in [0.2, 0.25) is 0 Å². The molecule has 3 aromatic carbocycles. The number of hydrogen-bond acceptors (Lipinski definition) is 3. The molecular formula is C24H24N2O3. The molecule has 0 radical (unpaired) electrons. The van der Waals surface area contributed by atoms with Crippen LogP contribution in [0.5, 0.6) is 5.75 Å². The second-order valence-corrected chi connectivity index (χ2v) is 6.69. The van der Waals surface area contributed by atoms with E-state index in [9.17, 15) is 9.59 Å². The van der Waals surface area contributed by atoms with Crippen molar-refractivity contribution in [1.82, 2.24) is 10.6 Å². The van der Waals surface area contributed by atoms with E-state index in [0.717, 1.165) is 22.4 Å². The third-order valence-electron chi connectivity index (χ3n) is 4.46. The van der Waals surface area contributed by atoms with Gasteiger partial charge in [0.2, 0.25) is 5.91 Å². The van der Waals surface area contributed by atoms with Gasteiger partial charge in [-0.2, -0.15) is 0 Å². The lowest BCUT2D eigenvalue weighted by atomic mass is 10.1. The summed E-state index contributed by atoms with van der Waals surface area (Å²) >= 11 is 0. The highest BCUT2D eigenvalue weighted by molar-refractivity contribution is 5.97. The number of amides is 2. The van der Waals surface area contributed by atoms with Crippen LogP contribution in [0.25, 0.3) is 0 Å². The minimum absolute atomic E-state index is 0.0594. The Morgan fingerprint density at radius 3 is 2.17 bits per heavy atom. The van der Waals surface area contributed by atoms with Crippen molar-refractivity contribution < 1.29 is 14.3 Å². The van der Waals surface area contributed by atoms with E-state index in [0.29, 0.717) is 18.7 Å². The van der Waals surface area contributed by atoms with E-state index in [2.05, 4.69) is 10.6 Å². The van der Waals surface area contributed by atoms with Gasteiger partial charge in [-0.05, 0) is 41.8 Å². The van der Waals surface area contributed by atoms with E-state index >= 15 is 0 Å². The second kappa shape index (κ2) is 10.1. The summed E-state index contributed by atoms with van der Waals surface area (Å²) < 4.78 is 5.72. The molecule has 0 aliphatic heterocycles. The van der Waals surface area contributed by atoms with E-state index in [1.807, 2.05) is 73.7 Å². The molecular weight excluding hydrogens is 364 g/mol. The van der Waals surface area contributed by atoms with Crippen LogP contribution in [-0.2, 0) is 17.9 Å². The normalized spacial score (nSPS) is 10.2. The number of benzene rings is 3. The van der Waals surface area contributed by atoms with Crippen LogP contribution in [0.4, 0.5) is 0 Å². The van der Waals surface area contributed by atoms with Crippen molar-refractivity contribution in [1.29, 1.82) is 0 Å². The lowest BCUT2D eigenvalue weighted by molar-refractivity contribution is -0.120. The zero-order valence-electron chi connectivity index (χ0n) is 16.4. The molecule has 29 heavy (non-hydrogen) atoms. The number of rotatable bonds is 8. The second-order valence-electron chi connectivity index (χ2n) is 6.69. The number of hydrogen-bond donors (Lipinski definition) is 2. The van der Waals surface area contributed by atoms with Gasteiger partial charge in [-0.3, -0.25) is 9.59 Å². The molecule has 0 atom stereocenters. The summed E-state index contributed by atoms with van der Waals surface area (Å²) in [5, 5.41) is 5.46. The predicted octanol–water partition coefficient (Wildman–Crippen LogP) is 3.62. The first-order chi connectivity index (χ1) is 14.1. The number of para-hydroxylation sites is 1. The Bertz CT molecular complexity index is 953. The largest absolute Gasteiger partial charge is 0.489 e. The lowest BCUT2D eigenvalue weighted by Crippen LogP contribution is -2.36. The summed E-state index contributed by atoms with van der Waals surface area (Å²) in [6.07, 6.45) is 0. The topological polar surface area (TPSA) is 67.4 Å². The van der Waals surface area contributed by atoms with Crippen molar-refractivity contribution in [3.05, 3.63) is 101 Å². The fourth-order valence-electron chi connectivity index (χ4n) is 2.78. The molecule has 0 aliphatic rings. The third-order valence-corrected chi connectivity index (χ3v) is 4.46. The molecule has 5 heteroatoms. The first-order valence-corrected chi connectivity index (χ1v) is 9.48. The van der Waals surface area contributed by atoms with Gasteiger partial charge in [0.05, 0.1) is 6.54 Å². The first-order valence-electron chi connectivity index (χ1n) is 9.48. The smallest absolute Gasteiger partial charge is 0.251 e. The Morgan fingerprint density at radius 2 is 1.45 bits per heavy atom. The van der Waals surface area contributed by atoms with E-state index < -0.39 is 0 Å². The van der Waals surface area contributed by atoms with Crippen LogP contribution in [0.3, 0.4) is 0 Å². The summed E-state index contributed by atoms with van der Waals surface area (Å²) in [6, 6.07) is 24.8. The monoisotopic (exact) mass is 388 g/mol. The predicted molar refractivity (Wildman–Crippen MR) is 113 cm³/mol. The number of nitrogens with one attached hydrogen (secondary N) is 2. The Hall–Kier alpha value is -3.60. The van der Waals surface area contributed by atoms with Gasteiger partial charge in [0.15, 0.2) is 0 Å². The fourth-order valence-corrected chi connectivity index (χ4v) is 2.78. The highest BCUT2D eigenvalue weighted by Gasteiger charge is 2.09. The molecule has 3 rings (SSSR count). The molecule has 148 valence electrons. The van der Waals surface area contributed by atoms with E-state index in [4.69, 9.17) is 4.74 Å². The number of ether oxygens (including phenoxy) is 1. The molecule has 0 saturated heterocycles. The first kappa shape index (κ1) is 20.1. The van der Waals surface area contributed by atoms with Gasteiger partial charge in [-0.25, -0.2) is 0 Å². The van der Waals surface area contributed by atoms with Crippen LogP contribution in [0, 0.1) is 6.92 Å². The molecule has 0 fully saturated rings. The van der Waals surface area contributed by atoms with Crippen molar-refractivity contribution in [3.8, 4) is 5.75 Å². The van der Waals surface area contributed by atoms with Crippen LogP contribution >= 0.6 is 0 Å². The maximum atomic E-state index is 12.1. The number of carbonyl (C=O) groups excluding carboxylic acids is 2. The van der Waals surface area contributed by atoms with E-state index in [1.54, 1.807) is 12.1 Å². The van der Waals surface area contributed by atoms with Crippen molar-refractivity contribution in [2.75, 3.05) is 6.54 Å². The molecule has 3 aromatic rings. The maximum Gasteiger partial charge on any atom is 0.251 e. The molecule has 2 N–H and O–H groups in total. The van der Waals surface area contributed by atoms with Crippen molar-refractivity contribution >= 4 is 11.8 Å². The van der Waals surface area contributed by atoms with Crippen molar-refractivity contribution in [3.63, 3.8) is 0 Å². The van der Waals surface area contributed by atoms with Gasteiger partial charge < -0.3 is 15.4 Å². The van der Waals surface area contributed by atoms with E-state index in [1.165, 1.54) is 0 Å². The fraction of sp³-hybridized carbons (Fsp3) is 0.167. The van der Waals surface area contributed by atoms with Crippen molar-refractivity contribution in [2.45, 2.75) is 20.1 Å². The summed E-state index contributed by atoms with van der Waals surface area (Å²) in [5.41, 5.74) is 3.48. The molecule has 0 unspecified atom stereocenters. The third kappa shape index (κ3) is 6.21. The average Bonchev–Trinajstić information content (AvgIpc) is 2.76. The zero-order valence-corrected chi connectivity index (χ0v) is 16.4. The van der Waals surface area contributed by atoms with Crippen LogP contribution < -0.4 is 15.4 Å². The highest BCUT2D eigenvalue weighted by Crippen LogP contribution is 2.12.